The summed E-state index contributed by atoms with van der Waals surface area (Å²) in [7, 11) is 1.62. The summed E-state index contributed by atoms with van der Waals surface area (Å²) in [6.45, 7) is 10.9. The number of nitrogens with one attached hydrogen (secondary N) is 1. The number of anilines is 1. The molecule has 0 aliphatic carbocycles. The summed E-state index contributed by atoms with van der Waals surface area (Å²) in [5.41, 5.74) is 5.72. The van der Waals surface area contributed by atoms with Gasteiger partial charge in [-0.1, -0.05) is 39.0 Å². The fourth-order valence-electron chi connectivity index (χ4n) is 3.49. The number of aryl methyl sites for hydroxylation is 2. The predicted molar refractivity (Wildman–Crippen MR) is 126 cm³/mol. The number of hydrogen-bond acceptors (Lipinski definition) is 3. The van der Waals surface area contributed by atoms with E-state index in [4.69, 9.17) is 9.47 Å². The molecule has 31 heavy (non-hydrogen) atoms. The summed E-state index contributed by atoms with van der Waals surface area (Å²) in [6, 6.07) is 19.5. The molecule has 0 heterocycles. The number of benzene rings is 3. The van der Waals surface area contributed by atoms with Crippen LogP contribution in [0.3, 0.4) is 0 Å². The van der Waals surface area contributed by atoms with Crippen LogP contribution in [0.15, 0.2) is 60.7 Å². The minimum Gasteiger partial charge on any atom is -0.496 e. The minimum absolute atomic E-state index is 0.0965. The van der Waals surface area contributed by atoms with Gasteiger partial charge in [0, 0.05) is 16.8 Å². The van der Waals surface area contributed by atoms with Gasteiger partial charge in [-0.15, -0.1) is 0 Å². The molecule has 0 saturated heterocycles. The Morgan fingerprint density at radius 2 is 1.55 bits per heavy atom. The number of carbonyl (C=O) groups is 1. The SMILES string of the molecule is COc1ccc(C(=O)Nc2cc(C)cc(C)c2)cc1COc1ccc(C(C)(C)C)cc1. The molecule has 0 aliphatic rings. The molecule has 0 atom stereocenters. The Kier molecular flexibility index (Phi) is 6.69. The molecule has 162 valence electrons. The third kappa shape index (κ3) is 5.88. The Morgan fingerprint density at radius 1 is 0.903 bits per heavy atom. The maximum absolute atomic E-state index is 12.8. The highest BCUT2D eigenvalue weighted by Gasteiger charge is 2.14. The smallest absolute Gasteiger partial charge is 0.255 e. The van der Waals surface area contributed by atoms with Gasteiger partial charge in [0.2, 0.25) is 0 Å². The molecule has 0 radical (unpaired) electrons. The van der Waals surface area contributed by atoms with Gasteiger partial charge < -0.3 is 14.8 Å². The van der Waals surface area contributed by atoms with E-state index in [1.54, 1.807) is 19.2 Å². The number of methoxy groups -OCH3 is 1. The van der Waals surface area contributed by atoms with Gasteiger partial charge >= 0.3 is 0 Å². The number of ether oxygens (including phenoxy) is 2. The molecule has 3 aromatic carbocycles. The van der Waals surface area contributed by atoms with Crippen molar-refractivity contribution in [2.75, 3.05) is 12.4 Å². The van der Waals surface area contributed by atoms with Gasteiger partial charge in [0.1, 0.15) is 18.1 Å². The summed E-state index contributed by atoms with van der Waals surface area (Å²) >= 11 is 0. The quantitative estimate of drug-likeness (QED) is 0.502. The van der Waals surface area contributed by atoms with E-state index in [0.717, 1.165) is 28.1 Å². The lowest BCUT2D eigenvalue weighted by Crippen LogP contribution is -2.13. The molecule has 0 bridgehead atoms. The molecule has 1 amide bonds. The first-order chi connectivity index (χ1) is 14.7. The van der Waals surface area contributed by atoms with Crippen LogP contribution in [0.2, 0.25) is 0 Å². The van der Waals surface area contributed by atoms with Gasteiger partial charge in [-0.25, -0.2) is 0 Å². The molecule has 0 aliphatic heterocycles. The molecule has 0 spiro atoms. The molecule has 3 aromatic rings. The average molecular weight is 418 g/mol. The lowest BCUT2D eigenvalue weighted by Gasteiger charge is -2.19. The van der Waals surface area contributed by atoms with E-state index in [9.17, 15) is 4.79 Å². The van der Waals surface area contributed by atoms with E-state index in [1.165, 1.54) is 5.56 Å². The molecule has 1 N–H and O–H groups in total. The van der Waals surface area contributed by atoms with Crippen molar-refractivity contribution in [3.05, 3.63) is 88.5 Å². The van der Waals surface area contributed by atoms with Crippen LogP contribution >= 0.6 is 0 Å². The molecular weight excluding hydrogens is 386 g/mol. The fraction of sp³-hybridized carbons (Fsp3) is 0.296. The number of hydrogen-bond donors (Lipinski definition) is 1. The zero-order valence-corrected chi connectivity index (χ0v) is 19.2. The first kappa shape index (κ1) is 22.4. The lowest BCUT2D eigenvalue weighted by molar-refractivity contribution is 0.102. The minimum atomic E-state index is -0.163. The van der Waals surface area contributed by atoms with Crippen molar-refractivity contribution < 1.29 is 14.3 Å². The monoisotopic (exact) mass is 417 g/mol. The van der Waals surface area contributed by atoms with Crippen molar-refractivity contribution in [2.45, 2.75) is 46.6 Å². The van der Waals surface area contributed by atoms with Gasteiger partial charge in [0.25, 0.3) is 5.91 Å². The van der Waals surface area contributed by atoms with E-state index in [0.29, 0.717) is 17.9 Å². The van der Waals surface area contributed by atoms with Crippen molar-refractivity contribution in [1.29, 1.82) is 0 Å². The summed E-state index contributed by atoms with van der Waals surface area (Å²) in [5, 5.41) is 2.98. The Balaban J connectivity index is 1.74. The van der Waals surface area contributed by atoms with Crippen molar-refractivity contribution in [3.8, 4) is 11.5 Å². The van der Waals surface area contributed by atoms with Crippen molar-refractivity contribution in [2.24, 2.45) is 0 Å². The van der Waals surface area contributed by atoms with Crippen LogP contribution in [0.4, 0.5) is 5.69 Å². The number of amides is 1. The molecule has 4 nitrogen and oxygen atoms in total. The van der Waals surface area contributed by atoms with Crippen molar-refractivity contribution in [3.63, 3.8) is 0 Å². The van der Waals surface area contributed by atoms with Gasteiger partial charge in [-0.2, -0.15) is 0 Å². The second-order valence-corrected chi connectivity index (χ2v) is 8.92. The molecule has 0 aromatic heterocycles. The highest BCUT2D eigenvalue weighted by molar-refractivity contribution is 6.04. The maximum Gasteiger partial charge on any atom is 0.255 e. The normalized spacial score (nSPS) is 11.2. The van der Waals surface area contributed by atoms with Crippen LogP contribution in [-0.4, -0.2) is 13.0 Å². The topological polar surface area (TPSA) is 47.6 Å². The summed E-state index contributed by atoms with van der Waals surface area (Å²) < 4.78 is 11.4. The van der Waals surface area contributed by atoms with Crippen LogP contribution in [0.25, 0.3) is 0 Å². The van der Waals surface area contributed by atoms with E-state index >= 15 is 0 Å². The molecule has 0 saturated carbocycles. The first-order valence-electron chi connectivity index (χ1n) is 10.5. The summed E-state index contributed by atoms with van der Waals surface area (Å²) in [4.78, 5) is 12.8. The highest BCUT2D eigenvalue weighted by atomic mass is 16.5. The van der Waals surface area contributed by atoms with Crippen molar-refractivity contribution in [1.82, 2.24) is 0 Å². The first-order valence-corrected chi connectivity index (χ1v) is 10.5. The van der Waals surface area contributed by atoms with E-state index in [2.05, 4.69) is 44.3 Å². The molecule has 3 rings (SSSR count). The van der Waals surface area contributed by atoms with Gasteiger partial charge in [-0.3, -0.25) is 4.79 Å². The zero-order chi connectivity index (χ0) is 22.6. The Bertz CT molecular complexity index is 1040. The summed E-state index contributed by atoms with van der Waals surface area (Å²) in [6.07, 6.45) is 0. The second kappa shape index (κ2) is 9.25. The van der Waals surface area contributed by atoms with Gasteiger partial charge in [0.15, 0.2) is 0 Å². The van der Waals surface area contributed by atoms with Crippen LogP contribution < -0.4 is 14.8 Å². The molecular formula is C27H31NO3. The van der Waals surface area contributed by atoms with Crippen LogP contribution in [-0.2, 0) is 12.0 Å². The largest absolute Gasteiger partial charge is 0.496 e. The molecule has 4 heteroatoms. The highest BCUT2D eigenvalue weighted by Crippen LogP contribution is 2.26. The Morgan fingerprint density at radius 3 is 2.13 bits per heavy atom. The van der Waals surface area contributed by atoms with Crippen molar-refractivity contribution >= 4 is 11.6 Å². The Labute approximate surface area is 185 Å². The maximum atomic E-state index is 12.8. The van der Waals surface area contributed by atoms with Crippen LogP contribution in [0, 0.1) is 13.8 Å². The number of carbonyl (C=O) groups excluding carboxylic acids is 1. The predicted octanol–water partition coefficient (Wildman–Crippen LogP) is 6.44. The standard InChI is InChI=1S/C27H31NO3/c1-18-13-19(2)15-23(14-18)28-26(29)20-7-12-25(30-6)21(16-20)17-31-24-10-8-22(9-11-24)27(3,4)5/h7-16H,17H2,1-6H3,(H,28,29). The molecule has 0 unspecified atom stereocenters. The second-order valence-electron chi connectivity index (χ2n) is 8.92. The fourth-order valence-corrected chi connectivity index (χ4v) is 3.49. The third-order valence-electron chi connectivity index (χ3n) is 5.14. The van der Waals surface area contributed by atoms with Crippen LogP contribution in [0.1, 0.15) is 53.4 Å². The summed E-state index contributed by atoms with van der Waals surface area (Å²) in [5.74, 6) is 1.30. The van der Waals surface area contributed by atoms with Gasteiger partial charge in [-0.05, 0) is 78.4 Å². The van der Waals surface area contributed by atoms with E-state index < -0.39 is 0 Å². The zero-order valence-electron chi connectivity index (χ0n) is 19.2. The number of rotatable bonds is 6. The Hall–Kier alpha value is -3.27. The van der Waals surface area contributed by atoms with Gasteiger partial charge in [0.05, 0.1) is 7.11 Å². The lowest BCUT2D eigenvalue weighted by atomic mass is 9.87. The molecule has 0 fully saturated rings. The average Bonchev–Trinajstić information content (AvgIpc) is 2.71. The van der Waals surface area contributed by atoms with Crippen LogP contribution in [0.5, 0.6) is 11.5 Å². The van der Waals surface area contributed by atoms with E-state index in [-0.39, 0.29) is 11.3 Å². The third-order valence-corrected chi connectivity index (χ3v) is 5.14. The van der Waals surface area contributed by atoms with E-state index in [1.807, 2.05) is 44.2 Å².